The first-order valence-corrected chi connectivity index (χ1v) is 8.59. The van der Waals surface area contributed by atoms with Crippen LogP contribution < -0.4 is 4.74 Å². The van der Waals surface area contributed by atoms with E-state index >= 15 is 0 Å². The molecule has 0 radical (unpaired) electrons. The minimum atomic E-state index is 0.588. The van der Waals surface area contributed by atoms with Gasteiger partial charge in [0.2, 0.25) is 0 Å². The lowest BCUT2D eigenvalue weighted by atomic mass is 9.96. The van der Waals surface area contributed by atoms with E-state index in [1.165, 1.54) is 10.6 Å². The normalized spacial score (nSPS) is 12.1. The van der Waals surface area contributed by atoms with Crippen molar-refractivity contribution in [2.45, 2.75) is 19.8 Å². The Morgan fingerprint density at radius 3 is 2.61 bits per heavy atom. The predicted molar refractivity (Wildman–Crippen MR) is 94.9 cm³/mol. The largest absolute Gasteiger partial charge is 0.495 e. The standard InChI is InChI=1S/C19H20N2OS/c1-14(10-19-21-7-8-23-19)9-15-3-5-16(6-4-15)17-11-18(22-2)13-20-12-17/h3-8,11-14H,9-10H2,1-2H3. The van der Waals surface area contributed by atoms with Crippen LogP contribution in [0.2, 0.25) is 0 Å². The summed E-state index contributed by atoms with van der Waals surface area (Å²) in [5.41, 5.74) is 3.59. The summed E-state index contributed by atoms with van der Waals surface area (Å²) < 4.78 is 5.24. The van der Waals surface area contributed by atoms with Gasteiger partial charge in [0, 0.05) is 29.8 Å². The molecule has 4 heteroatoms. The molecule has 118 valence electrons. The SMILES string of the molecule is COc1cncc(-c2ccc(CC(C)Cc3nccs3)cc2)c1. The van der Waals surface area contributed by atoms with Gasteiger partial charge in [-0.2, -0.15) is 0 Å². The molecule has 0 fully saturated rings. The maximum Gasteiger partial charge on any atom is 0.137 e. The second-order valence-electron chi connectivity index (χ2n) is 5.75. The Balaban J connectivity index is 1.66. The van der Waals surface area contributed by atoms with Gasteiger partial charge in [-0.3, -0.25) is 4.98 Å². The molecule has 23 heavy (non-hydrogen) atoms. The van der Waals surface area contributed by atoms with Crippen molar-refractivity contribution in [1.82, 2.24) is 9.97 Å². The molecule has 1 aromatic carbocycles. The highest BCUT2D eigenvalue weighted by Crippen LogP contribution is 2.24. The third kappa shape index (κ3) is 4.17. The minimum absolute atomic E-state index is 0.588. The molecule has 0 aliphatic rings. The van der Waals surface area contributed by atoms with Crippen LogP contribution in [0, 0.1) is 5.92 Å². The number of pyridine rings is 1. The average Bonchev–Trinajstić information content (AvgIpc) is 3.08. The molecule has 0 aliphatic heterocycles. The molecule has 0 amide bonds. The van der Waals surface area contributed by atoms with Crippen molar-refractivity contribution < 1.29 is 4.74 Å². The van der Waals surface area contributed by atoms with Crippen molar-refractivity contribution in [1.29, 1.82) is 0 Å². The van der Waals surface area contributed by atoms with E-state index in [9.17, 15) is 0 Å². The Hall–Kier alpha value is -2.20. The molecule has 2 aromatic heterocycles. The summed E-state index contributed by atoms with van der Waals surface area (Å²) in [7, 11) is 1.66. The van der Waals surface area contributed by atoms with Crippen LogP contribution in [0.4, 0.5) is 0 Å². The third-order valence-electron chi connectivity index (χ3n) is 3.83. The van der Waals surface area contributed by atoms with E-state index in [2.05, 4.69) is 41.2 Å². The fourth-order valence-electron chi connectivity index (χ4n) is 2.65. The molecular weight excluding hydrogens is 304 g/mol. The van der Waals surface area contributed by atoms with E-state index in [0.717, 1.165) is 29.7 Å². The highest BCUT2D eigenvalue weighted by atomic mass is 32.1. The van der Waals surface area contributed by atoms with Crippen molar-refractivity contribution in [2.24, 2.45) is 5.92 Å². The van der Waals surface area contributed by atoms with Crippen LogP contribution in [0.5, 0.6) is 5.75 Å². The second-order valence-corrected chi connectivity index (χ2v) is 6.73. The van der Waals surface area contributed by atoms with Crippen LogP contribution >= 0.6 is 11.3 Å². The summed E-state index contributed by atoms with van der Waals surface area (Å²) in [5, 5.41) is 3.26. The number of hydrogen-bond donors (Lipinski definition) is 0. The van der Waals surface area contributed by atoms with Gasteiger partial charge in [0.1, 0.15) is 5.75 Å². The van der Waals surface area contributed by atoms with Gasteiger partial charge in [-0.1, -0.05) is 31.2 Å². The Bertz CT molecular complexity index is 738. The summed E-state index contributed by atoms with van der Waals surface area (Å²) in [5.74, 6) is 1.37. The van der Waals surface area contributed by atoms with Crippen LogP contribution in [0.3, 0.4) is 0 Å². The van der Waals surface area contributed by atoms with Crippen molar-refractivity contribution in [2.75, 3.05) is 7.11 Å². The molecule has 1 unspecified atom stereocenters. The number of aromatic nitrogens is 2. The Labute approximate surface area is 141 Å². The maximum atomic E-state index is 5.24. The maximum absolute atomic E-state index is 5.24. The van der Waals surface area contributed by atoms with Crippen molar-refractivity contribution in [3.8, 4) is 16.9 Å². The number of nitrogens with zero attached hydrogens (tertiary/aromatic N) is 2. The minimum Gasteiger partial charge on any atom is -0.495 e. The molecule has 0 N–H and O–H groups in total. The van der Waals surface area contributed by atoms with Crippen LogP contribution in [0.25, 0.3) is 11.1 Å². The smallest absolute Gasteiger partial charge is 0.137 e. The number of hydrogen-bond acceptors (Lipinski definition) is 4. The quantitative estimate of drug-likeness (QED) is 0.663. The summed E-state index contributed by atoms with van der Waals surface area (Å²) in [4.78, 5) is 8.58. The Kier molecular flexibility index (Phi) is 5.03. The molecule has 3 aromatic rings. The van der Waals surface area contributed by atoms with Crippen LogP contribution in [0.1, 0.15) is 17.5 Å². The van der Waals surface area contributed by atoms with Crippen molar-refractivity contribution in [3.05, 3.63) is 64.9 Å². The Morgan fingerprint density at radius 2 is 1.91 bits per heavy atom. The fourth-order valence-corrected chi connectivity index (χ4v) is 3.43. The van der Waals surface area contributed by atoms with E-state index in [-0.39, 0.29) is 0 Å². The number of methoxy groups -OCH3 is 1. The van der Waals surface area contributed by atoms with E-state index in [1.54, 1.807) is 24.6 Å². The number of thiazole rings is 1. The number of rotatable bonds is 6. The van der Waals surface area contributed by atoms with Crippen LogP contribution in [0.15, 0.2) is 54.3 Å². The molecule has 0 spiro atoms. The molecule has 0 aliphatic carbocycles. The van der Waals surface area contributed by atoms with E-state index in [4.69, 9.17) is 4.74 Å². The van der Waals surface area contributed by atoms with E-state index < -0.39 is 0 Å². The molecule has 1 atom stereocenters. The van der Waals surface area contributed by atoms with Gasteiger partial charge in [-0.05, 0) is 29.5 Å². The zero-order valence-electron chi connectivity index (χ0n) is 13.4. The van der Waals surface area contributed by atoms with Gasteiger partial charge in [0.05, 0.1) is 18.3 Å². The van der Waals surface area contributed by atoms with Gasteiger partial charge in [-0.15, -0.1) is 11.3 Å². The van der Waals surface area contributed by atoms with Gasteiger partial charge < -0.3 is 4.74 Å². The summed E-state index contributed by atoms with van der Waals surface area (Å²) >= 11 is 1.74. The molecule has 0 saturated carbocycles. The number of ether oxygens (including phenoxy) is 1. The highest BCUT2D eigenvalue weighted by molar-refractivity contribution is 7.09. The lowest BCUT2D eigenvalue weighted by Gasteiger charge is -2.10. The predicted octanol–water partition coefficient (Wildman–Crippen LogP) is 4.64. The zero-order chi connectivity index (χ0) is 16.1. The first kappa shape index (κ1) is 15.7. The van der Waals surface area contributed by atoms with Gasteiger partial charge in [0.25, 0.3) is 0 Å². The van der Waals surface area contributed by atoms with Crippen molar-refractivity contribution in [3.63, 3.8) is 0 Å². The lowest BCUT2D eigenvalue weighted by molar-refractivity contribution is 0.413. The highest BCUT2D eigenvalue weighted by Gasteiger charge is 2.07. The lowest BCUT2D eigenvalue weighted by Crippen LogP contribution is -2.03. The van der Waals surface area contributed by atoms with Gasteiger partial charge >= 0.3 is 0 Å². The average molecular weight is 324 g/mol. The molecule has 2 heterocycles. The fraction of sp³-hybridized carbons (Fsp3) is 0.263. The van der Waals surface area contributed by atoms with E-state index in [1.807, 2.05) is 23.8 Å². The summed E-state index contributed by atoms with van der Waals surface area (Å²) in [6.07, 6.45) is 7.57. The van der Waals surface area contributed by atoms with Crippen molar-refractivity contribution >= 4 is 11.3 Å². The summed E-state index contributed by atoms with van der Waals surface area (Å²) in [6, 6.07) is 10.7. The second kappa shape index (κ2) is 7.38. The first-order chi connectivity index (χ1) is 11.2. The Morgan fingerprint density at radius 1 is 1.09 bits per heavy atom. The third-order valence-corrected chi connectivity index (χ3v) is 4.63. The number of benzene rings is 1. The van der Waals surface area contributed by atoms with Gasteiger partial charge in [-0.25, -0.2) is 4.98 Å². The molecule has 0 saturated heterocycles. The molecule has 3 rings (SSSR count). The van der Waals surface area contributed by atoms with Crippen LogP contribution in [-0.2, 0) is 12.8 Å². The topological polar surface area (TPSA) is 35.0 Å². The van der Waals surface area contributed by atoms with Crippen LogP contribution in [-0.4, -0.2) is 17.1 Å². The first-order valence-electron chi connectivity index (χ1n) is 7.71. The summed E-state index contributed by atoms with van der Waals surface area (Å²) in [6.45, 7) is 2.28. The zero-order valence-corrected chi connectivity index (χ0v) is 14.2. The molecule has 3 nitrogen and oxygen atoms in total. The van der Waals surface area contributed by atoms with Gasteiger partial charge in [0.15, 0.2) is 0 Å². The molecule has 0 bridgehead atoms. The monoisotopic (exact) mass is 324 g/mol. The molecular formula is C19H20N2OS. The van der Waals surface area contributed by atoms with E-state index in [0.29, 0.717) is 5.92 Å².